The quantitative estimate of drug-likeness (QED) is 0.540. The lowest BCUT2D eigenvalue weighted by Gasteiger charge is -2.24. The third-order valence-electron chi connectivity index (χ3n) is 4.45. The molecule has 0 bridgehead atoms. The van der Waals surface area contributed by atoms with Gasteiger partial charge in [-0.05, 0) is 51.2 Å². The van der Waals surface area contributed by atoms with E-state index < -0.39 is 6.10 Å². The van der Waals surface area contributed by atoms with Crippen LogP contribution in [0.1, 0.15) is 50.2 Å². The molecule has 1 N–H and O–H groups in total. The Kier molecular flexibility index (Phi) is 10.7. The molecule has 2 heterocycles. The summed E-state index contributed by atoms with van der Waals surface area (Å²) in [6, 6.07) is 0. The zero-order valence-corrected chi connectivity index (χ0v) is 18.6. The fourth-order valence-electron chi connectivity index (χ4n) is 2.78. The number of aromatic nitrogens is 1. The first-order chi connectivity index (χ1) is 13.4. The van der Waals surface area contributed by atoms with Crippen molar-refractivity contribution >= 4 is 29.0 Å². The summed E-state index contributed by atoms with van der Waals surface area (Å²) in [5.41, 5.74) is 1.75. The standard InChI is InChI=1S/C21H32ClNO4S/c1-15(12-27-21-6-4-5-9-26-21)11-25-13-18(22)7-8-20(24)16(2)10-19-14-28-17(3)23-19/h7,10,14-15,20-21,24H,4-6,8-9,11-13H2,1-3H3/b16-10+,18-7+. The van der Waals surface area contributed by atoms with Crippen molar-refractivity contribution in [2.75, 3.05) is 26.4 Å². The first-order valence-electron chi connectivity index (χ1n) is 9.88. The molecular formula is C21H32ClNO4S. The molecule has 3 unspecified atom stereocenters. The fourth-order valence-corrected chi connectivity index (χ4v) is 3.52. The van der Waals surface area contributed by atoms with Crippen LogP contribution in [0.4, 0.5) is 0 Å². The van der Waals surface area contributed by atoms with Crippen molar-refractivity contribution in [3.63, 3.8) is 0 Å². The summed E-state index contributed by atoms with van der Waals surface area (Å²) in [6.07, 6.45) is 6.78. The molecular weight excluding hydrogens is 398 g/mol. The minimum atomic E-state index is -0.585. The Labute approximate surface area is 177 Å². The second-order valence-electron chi connectivity index (χ2n) is 7.33. The summed E-state index contributed by atoms with van der Waals surface area (Å²) in [5.74, 6) is 0.271. The minimum absolute atomic E-state index is 0.0642. The largest absolute Gasteiger partial charge is 0.388 e. The van der Waals surface area contributed by atoms with Crippen molar-refractivity contribution in [1.29, 1.82) is 0 Å². The van der Waals surface area contributed by atoms with Gasteiger partial charge in [0.05, 0.1) is 36.6 Å². The van der Waals surface area contributed by atoms with Crippen molar-refractivity contribution < 1.29 is 19.3 Å². The summed E-state index contributed by atoms with van der Waals surface area (Å²) in [7, 11) is 0. The maximum absolute atomic E-state index is 10.3. The number of aliphatic hydroxyl groups is 1. The molecule has 0 saturated carbocycles. The smallest absolute Gasteiger partial charge is 0.157 e. The van der Waals surface area contributed by atoms with Crippen LogP contribution in [0.15, 0.2) is 22.1 Å². The number of rotatable bonds is 11. The molecule has 0 amide bonds. The topological polar surface area (TPSA) is 60.8 Å². The minimum Gasteiger partial charge on any atom is -0.388 e. The molecule has 0 aromatic carbocycles. The predicted molar refractivity (Wildman–Crippen MR) is 115 cm³/mol. The van der Waals surface area contributed by atoms with Crippen LogP contribution in [-0.4, -0.2) is 48.9 Å². The summed E-state index contributed by atoms with van der Waals surface area (Å²) >= 11 is 7.82. The highest BCUT2D eigenvalue weighted by Crippen LogP contribution is 2.17. The lowest BCUT2D eigenvalue weighted by molar-refractivity contribution is -0.170. The number of halogens is 1. The normalized spacial score (nSPS) is 21.0. The average molecular weight is 430 g/mol. The number of aryl methyl sites for hydroxylation is 1. The van der Waals surface area contributed by atoms with Crippen LogP contribution in [0, 0.1) is 12.8 Å². The van der Waals surface area contributed by atoms with Gasteiger partial charge in [0, 0.05) is 22.9 Å². The molecule has 0 spiro atoms. The molecule has 3 atom stereocenters. The molecule has 1 aromatic rings. The predicted octanol–water partition coefficient (Wildman–Crippen LogP) is 4.92. The van der Waals surface area contributed by atoms with Crippen molar-refractivity contribution in [2.45, 2.75) is 58.8 Å². The van der Waals surface area contributed by atoms with Gasteiger partial charge in [0.25, 0.3) is 0 Å². The van der Waals surface area contributed by atoms with E-state index in [0.29, 0.717) is 31.3 Å². The van der Waals surface area contributed by atoms with Crippen LogP contribution in [-0.2, 0) is 14.2 Å². The molecule has 2 rings (SSSR count). The number of hydrogen-bond donors (Lipinski definition) is 1. The van der Waals surface area contributed by atoms with E-state index in [1.54, 1.807) is 11.3 Å². The Bertz CT molecular complexity index is 640. The highest BCUT2D eigenvalue weighted by atomic mass is 35.5. The van der Waals surface area contributed by atoms with Crippen molar-refractivity contribution in [2.24, 2.45) is 5.92 Å². The Morgan fingerprint density at radius 3 is 2.96 bits per heavy atom. The van der Waals surface area contributed by atoms with E-state index in [2.05, 4.69) is 11.9 Å². The summed E-state index contributed by atoms with van der Waals surface area (Å²) in [5, 5.41) is 13.9. The number of nitrogens with zero attached hydrogens (tertiary/aromatic N) is 1. The summed E-state index contributed by atoms with van der Waals surface area (Å²) in [6.45, 7) is 8.26. The van der Waals surface area contributed by atoms with E-state index >= 15 is 0 Å². The van der Waals surface area contributed by atoms with Gasteiger partial charge in [-0.1, -0.05) is 24.6 Å². The molecule has 0 aliphatic carbocycles. The van der Waals surface area contributed by atoms with Gasteiger partial charge in [-0.15, -0.1) is 11.3 Å². The molecule has 1 saturated heterocycles. The summed E-state index contributed by atoms with van der Waals surface area (Å²) < 4.78 is 17.0. The molecule has 5 nitrogen and oxygen atoms in total. The van der Waals surface area contributed by atoms with Gasteiger partial charge in [-0.3, -0.25) is 0 Å². The van der Waals surface area contributed by atoms with E-state index in [9.17, 15) is 5.11 Å². The van der Waals surface area contributed by atoms with Crippen LogP contribution in [0.2, 0.25) is 0 Å². The molecule has 7 heteroatoms. The van der Waals surface area contributed by atoms with Crippen LogP contribution < -0.4 is 0 Å². The maximum Gasteiger partial charge on any atom is 0.157 e. The highest BCUT2D eigenvalue weighted by molar-refractivity contribution is 7.09. The van der Waals surface area contributed by atoms with E-state index in [0.717, 1.165) is 35.7 Å². The van der Waals surface area contributed by atoms with Crippen molar-refractivity contribution in [3.05, 3.63) is 32.8 Å². The van der Waals surface area contributed by atoms with Gasteiger partial charge in [-0.2, -0.15) is 0 Å². The third-order valence-corrected chi connectivity index (χ3v) is 5.50. The molecule has 1 fully saturated rings. The monoisotopic (exact) mass is 429 g/mol. The van der Waals surface area contributed by atoms with Crippen LogP contribution in [0.3, 0.4) is 0 Å². The Hall–Kier alpha value is -0.760. The van der Waals surface area contributed by atoms with Crippen LogP contribution >= 0.6 is 22.9 Å². The Morgan fingerprint density at radius 2 is 2.29 bits per heavy atom. The number of aliphatic hydroxyl groups excluding tert-OH is 1. The molecule has 1 aliphatic heterocycles. The fraction of sp³-hybridized carbons (Fsp3) is 0.667. The van der Waals surface area contributed by atoms with Gasteiger partial charge in [-0.25, -0.2) is 4.98 Å². The van der Waals surface area contributed by atoms with E-state index in [1.807, 2.05) is 31.4 Å². The molecule has 1 aliphatic rings. The van der Waals surface area contributed by atoms with Crippen LogP contribution in [0.5, 0.6) is 0 Å². The molecule has 1 aromatic heterocycles. The van der Waals surface area contributed by atoms with E-state index in [1.165, 1.54) is 6.42 Å². The lowest BCUT2D eigenvalue weighted by Crippen LogP contribution is -2.25. The summed E-state index contributed by atoms with van der Waals surface area (Å²) in [4.78, 5) is 4.38. The first-order valence-corrected chi connectivity index (χ1v) is 11.1. The lowest BCUT2D eigenvalue weighted by atomic mass is 10.1. The number of thiazole rings is 1. The van der Waals surface area contributed by atoms with E-state index in [4.69, 9.17) is 25.8 Å². The Balaban J connectivity index is 1.62. The average Bonchev–Trinajstić information content (AvgIpc) is 3.09. The van der Waals surface area contributed by atoms with Gasteiger partial charge in [0.1, 0.15) is 0 Å². The SMILES string of the molecule is C/C(=C\c1csc(C)n1)C(O)C/C=C(/Cl)COCC(C)COC1CCCCO1. The zero-order valence-electron chi connectivity index (χ0n) is 17.0. The second kappa shape index (κ2) is 12.7. The molecule has 158 valence electrons. The van der Waals surface area contributed by atoms with Gasteiger partial charge in [0.15, 0.2) is 6.29 Å². The van der Waals surface area contributed by atoms with E-state index in [-0.39, 0.29) is 12.2 Å². The number of hydrogen-bond acceptors (Lipinski definition) is 6. The second-order valence-corrected chi connectivity index (χ2v) is 8.88. The van der Waals surface area contributed by atoms with Crippen LogP contribution in [0.25, 0.3) is 6.08 Å². The highest BCUT2D eigenvalue weighted by Gasteiger charge is 2.15. The Morgan fingerprint density at radius 1 is 1.46 bits per heavy atom. The van der Waals surface area contributed by atoms with Gasteiger partial charge < -0.3 is 19.3 Å². The third kappa shape index (κ3) is 9.16. The first kappa shape index (κ1) is 23.5. The number of ether oxygens (including phenoxy) is 3. The molecule has 28 heavy (non-hydrogen) atoms. The van der Waals surface area contributed by atoms with Crippen molar-refractivity contribution in [1.82, 2.24) is 4.98 Å². The molecule has 0 radical (unpaired) electrons. The van der Waals surface area contributed by atoms with Gasteiger partial charge >= 0.3 is 0 Å². The maximum atomic E-state index is 10.3. The van der Waals surface area contributed by atoms with Crippen molar-refractivity contribution in [3.8, 4) is 0 Å². The zero-order chi connectivity index (χ0) is 20.4. The van der Waals surface area contributed by atoms with Gasteiger partial charge in [0.2, 0.25) is 0 Å².